The first kappa shape index (κ1) is 13.1. The molecule has 0 radical (unpaired) electrons. The predicted octanol–water partition coefficient (Wildman–Crippen LogP) is 3.20. The molecule has 18 heavy (non-hydrogen) atoms. The SMILES string of the molecule is O=C(NCC1CC=CCC1)c1cc(S)ccc1F. The van der Waals surface area contributed by atoms with Gasteiger partial charge in [-0.3, -0.25) is 4.79 Å². The van der Waals surface area contributed by atoms with E-state index in [4.69, 9.17) is 0 Å². The van der Waals surface area contributed by atoms with Crippen LogP contribution in [-0.4, -0.2) is 12.5 Å². The van der Waals surface area contributed by atoms with Crippen LogP contribution < -0.4 is 5.32 Å². The fourth-order valence-corrected chi connectivity index (χ4v) is 2.26. The summed E-state index contributed by atoms with van der Waals surface area (Å²) < 4.78 is 13.5. The number of benzene rings is 1. The third kappa shape index (κ3) is 3.35. The summed E-state index contributed by atoms with van der Waals surface area (Å²) in [5.74, 6) is -0.409. The Hall–Kier alpha value is -1.29. The van der Waals surface area contributed by atoms with E-state index in [1.165, 1.54) is 18.2 Å². The molecule has 1 amide bonds. The van der Waals surface area contributed by atoms with Crippen LogP contribution in [-0.2, 0) is 0 Å². The molecule has 1 aromatic carbocycles. The molecule has 0 saturated carbocycles. The molecule has 2 rings (SSSR count). The molecule has 2 nitrogen and oxygen atoms in total. The smallest absolute Gasteiger partial charge is 0.254 e. The van der Waals surface area contributed by atoms with Crippen molar-refractivity contribution in [2.45, 2.75) is 24.2 Å². The van der Waals surface area contributed by atoms with E-state index in [1.807, 2.05) is 0 Å². The van der Waals surface area contributed by atoms with Gasteiger partial charge in [0.15, 0.2) is 0 Å². The number of thiol groups is 1. The van der Waals surface area contributed by atoms with E-state index in [0.717, 1.165) is 19.3 Å². The summed E-state index contributed by atoms with van der Waals surface area (Å²) in [6.45, 7) is 0.597. The molecule has 1 atom stereocenters. The number of halogens is 1. The Labute approximate surface area is 112 Å². The highest BCUT2D eigenvalue weighted by atomic mass is 32.1. The van der Waals surface area contributed by atoms with Crippen LogP contribution in [0.3, 0.4) is 0 Å². The zero-order valence-electron chi connectivity index (χ0n) is 10.0. The van der Waals surface area contributed by atoms with Crippen molar-refractivity contribution in [1.82, 2.24) is 5.32 Å². The highest BCUT2D eigenvalue weighted by Gasteiger charge is 2.15. The molecule has 0 saturated heterocycles. The maximum atomic E-state index is 13.5. The molecule has 96 valence electrons. The minimum absolute atomic E-state index is 0.0638. The van der Waals surface area contributed by atoms with Crippen molar-refractivity contribution in [3.8, 4) is 0 Å². The summed E-state index contributed by atoms with van der Waals surface area (Å²) in [6, 6.07) is 4.25. The molecule has 4 heteroatoms. The number of allylic oxidation sites excluding steroid dienone is 2. The van der Waals surface area contributed by atoms with Gasteiger partial charge in [0.2, 0.25) is 0 Å². The third-order valence-electron chi connectivity index (χ3n) is 3.12. The molecule has 0 fully saturated rings. The lowest BCUT2D eigenvalue weighted by molar-refractivity contribution is 0.0942. The Balaban J connectivity index is 1.95. The molecule has 1 N–H and O–H groups in total. The van der Waals surface area contributed by atoms with Gasteiger partial charge in [0, 0.05) is 11.4 Å². The average molecular weight is 265 g/mol. The number of rotatable bonds is 3. The molecule has 0 heterocycles. The van der Waals surface area contributed by atoms with Crippen molar-refractivity contribution >= 4 is 18.5 Å². The minimum atomic E-state index is -0.506. The summed E-state index contributed by atoms with van der Waals surface area (Å²) in [5, 5.41) is 2.79. The molecule has 1 aliphatic rings. The van der Waals surface area contributed by atoms with Crippen molar-refractivity contribution in [3.05, 3.63) is 41.7 Å². The number of hydrogen-bond acceptors (Lipinski definition) is 2. The zero-order chi connectivity index (χ0) is 13.0. The lowest BCUT2D eigenvalue weighted by atomic mass is 9.94. The summed E-state index contributed by atoms with van der Waals surface area (Å²) in [5.41, 5.74) is 0.0638. The molecule has 0 bridgehead atoms. The second-order valence-corrected chi connectivity index (χ2v) is 5.04. The maximum Gasteiger partial charge on any atom is 0.254 e. The number of hydrogen-bond donors (Lipinski definition) is 2. The Kier molecular flexibility index (Phi) is 4.42. The monoisotopic (exact) mass is 265 g/mol. The van der Waals surface area contributed by atoms with Crippen molar-refractivity contribution in [3.63, 3.8) is 0 Å². The first-order valence-electron chi connectivity index (χ1n) is 6.08. The van der Waals surface area contributed by atoms with E-state index in [-0.39, 0.29) is 11.5 Å². The fourth-order valence-electron chi connectivity index (χ4n) is 2.06. The number of amides is 1. The topological polar surface area (TPSA) is 29.1 Å². The standard InChI is InChI=1S/C14H16FNOS/c15-13-7-6-11(18)8-12(13)14(17)16-9-10-4-2-1-3-5-10/h1-2,6-8,10,18H,3-5,9H2,(H,16,17). The molecule has 1 aliphatic carbocycles. The van der Waals surface area contributed by atoms with Gasteiger partial charge >= 0.3 is 0 Å². The van der Waals surface area contributed by atoms with Gasteiger partial charge in [0.1, 0.15) is 5.82 Å². The molecule has 0 aliphatic heterocycles. The highest BCUT2D eigenvalue weighted by molar-refractivity contribution is 7.80. The van der Waals surface area contributed by atoms with Gasteiger partial charge < -0.3 is 5.32 Å². The first-order valence-corrected chi connectivity index (χ1v) is 6.53. The van der Waals surface area contributed by atoms with Crippen LogP contribution in [0.15, 0.2) is 35.2 Å². The van der Waals surface area contributed by atoms with Crippen molar-refractivity contribution in [2.75, 3.05) is 6.54 Å². The van der Waals surface area contributed by atoms with Crippen LogP contribution in [0.1, 0.15) is 29.6 Å². The van der Waals surface area contributed by atoms with Gasteiger partial charge in [-0.25, -0.2) is 4.39 Å². The molecular weight excluding hydrogens is 249 g/mol. The van der Waals surface area contributed by atoms with Crippen molar-refractivity contribution < 1.29 is 9.18 Å². The summed E-state index contributed by atoms with van der Waals surface area (Å²) in [4.78, 5) is 12.4. The molecule has 0 aromatic heterocycles. The second-order valence-electron chi connectivity index (χ2n) is 4.52. The van der Waals surface area contributed by atoms with E-state index in [0.29, 0.717) is 17.4 Å². The zero-order valence-corrected chi connectivity index (χ0v) is 10.9. The van der Waals surface area contributed by atoms with Crippen LogP contribution in [0.5, 0.6) is 0 Å². The first-order chi connectivity index (χ1) is 8.66. The van der Waals surface area contributed by atoms with Gasteiger partial charge in [0.05, 0.1) is 5.56 Å². The van der Waals surface area contributed by atoms with Crippen LogP contribution in [0.2, 0.25) is 0 Å². The quantitative estimate of drug-likeness (QED) is 0.638. The normalized spacial score (nSPS) is 18.7. The highest BCUT2D eigenvalue weighted by Crippen LogP contribution is 2.18. The number of carbonyl (C=O) groups excluding carboxylic acids is 1. The Morgan fingerprint density at radius 3 is 3.00 bits per heavy atom. The fraction of sp³-hybridized carbons (Fsp3) is 0.357. The third-order valence-corrected chi connectivity index (χ3v) is 3.40. The average Bonchev–Trinajstić information content (AvgIpc) is 2.40. The lowest BCUT2D eigenvalue weighted by Gasteiger charge is -2.18. The van der Waals surface area contributed by atoms with Crippen LogP contribution in [0.4, 0.5) is 4.39 Å². The largest absolute Gasteiger partial charge is 0.352 e. The van der Waals surface area contributed by atoms with Gasteiger partial charge in [-0.1, -0.05) is 12.2 Å². The van der Waals surface area contributed by atoms with E-state index in [1.54, 1.807) is 0 Å². The Bertz CT molecular complexity index is 473. The Morgan fingerprint density at radius 2 is 2.28 bits per heavy atom. The summed E-state index contributed by atoms with van der Waals surface area (Å²) in [7, 11) is 0. The summed E-state index contributed by atoms with van der Waals surface area (Å²) >= 11 is 4.11. The molecular formula is C14H16FNOS. The minimum Gasteiger partial charge on any atom is -0.352 e. The van der Waals surface area contributed by atoms with Gasteiger partial charge in [0.25, 0.3) is 5.91 Å². The van der Waals surface area contributed by atoms with Gasteiger partial charge in [-0.15, -0.1) is 12.6 Å². The van der Waals surface area contributed by atoms with Gasteiger partial charge in [-0.2, -0.15) is 0 Å². The van der Waals surface area contributed by atoms with E-state index >= 15 is 0 Å². The van der Waals surface area contributed by atoms with E-state index in [9.17, 15) is 9.18 Å². The molecule has 0 spiro atoms. The number of carbonyl (C=O) groups is 1. The van der Waals surface area contributed by atoms with Gasteiger partial charge in [-0.05, 0) is 43.4 Å². The molecule has 1 aromatic rings. The molecule has 1 unspecified atom stereocenters. The Morgan fingerprint density at radius 1 is 1.44 bits per heavy atom. The lowest BCUT2D eigenvalue weighted by Crippen LogP contribution is -2.30. The van der Waals surface area contributed by atoms with E-state index in [2.05, 4.69) is 30.1 Å². The summed E-state index contributed by atoms with van der Waals surface area (Å²) in [6.07, 6.45) is 7.40. The van der Waals surface area contributed by atoms with E-state index < -0.39 is 5.82 Å². The van der Waals surface area contributed by atoms with Crippen molar-refractivity contribution in [2.24, 2.45) is 5.92 Å². The number of nitrogens with one attached hydrogen (secondary N) is 1. The van der Waals surface area contributed by atoms with Crippen LogP contribution >= 0.6 is 12.6 Å². The second kappa shape index (κ2) is 6.05. The van der Waals surface area contributed by atoms with Crippen LogP contribution in [0.25, 0.3) is 0 Å². The van der Waals surface area contributed by atoms with Crippen molar-refractivity contribution in [1.29, 1.82) is 0 Å². The maximum absolute atomic E-state index is 13.5. The predicted molar refractivity (Wildman–Crippen MR) is 72.5 cm³/mol. The van der Waals surface area contributed by atoms with Crippen LogP contribution in [0, 0.1) is 11.7 Å².